The van der Waals surface area contributed by atoms with Crippen LogP contribution in [0.25, 0.3) is 16.5 Å². The molecule has 0 amide bonds. The van der Waals surface area contributed by atoms with Crippen LogP contribution < -0.4 is 9.47 Å². The predicted molar refractivity (Wildman–Crippen MR) is 163 cm³/mol. The molecule has 1 aliphatic heterocycles. The van der Waals surface area contributed by atoms with Gasteiger partial charge in [0.1, 0.15) is 12.4 Å². The number of hydrogen-bond donors (Lipinski definition) is 0. The highest BCUT2D eigenvalue weighted by Gasteiger charge is 2.30. The van der Waals surface area contributed by atoms with E-state index in [1.807, 2.05) is 30.3 Å². The first-order chi connectivity index (χ1) is 21.8. The molecular weight excluding hydrogens is 587 g/mol. The molecule has 5 rings (SSSR count). The number of rotatable bonds is 10. The number of nitrogens with zero attached hydrogens (tertiary/aromatic N) is 1. The number of morpholine rings is 1. The van der Waals surface area contributed by atoms with Crippen molar-refractivity contribution in [1.82, 2.24) is 4.90 Å². The van der Waals surface area contributed by atoms with Crippen LogP contribution in [0, 0.1) is 11.8 Å². The van der Waals surface area contributed by atoms with Gasteiger partial charge in [-0.05, 0) is 72.2 Å². The fourth-order valence-corrected chi connectivity index (χ4v) is 4.79. The molecule has 1 aromatic heterocycles. The van der Waals surface area contributed by atoms with Gasteiger partial charge in [-0.3, -0.25) is 4.90 Å². The average Bonchev–Trinajstić information content (AvgIpc) is 3.54. The third-order valence-corrected chi connectivity index (χ3v) is 7.08. The van der Waals surface area contributed by atoms with Crippen LogP contribution in [0.2, 0.25) is 0 Å². The van der Waals surface area contributed by atoms with E-state index in [0.29, 0.717) is 53.4 Å². The number of hydrogen-bond acceptors (Lipinski definition) is 7. The van der Waals surface area contributed by atoms with Crippen molar-refractivity contribution >= 4 is 22.5 Å². The molecule has 0 N–H and O–H groups in total. The largest absolute Gasteiger partial charge is 0.486 e. The monoisotopic (exact) mass is 619 g/mol. The number of carbonyl (C=O) groups excluding carboxylic acids is 1. The molecule has 0 spiro atoms. The summed E-state index contributed by atoms with van der Waals surface area (Å²) >= 11 is 0. The Bertz CT molecular complexity index is 1680. The van der Waals surface area contributed by atoms with Crippen LogP contribution in [0.5, 0.6) is 11.5 Å². The Hall–Kier alpha value is -4.72. The zero-order valence-electron chi connectivity index (χ0n) is 24.7. The zero-order valence-corrected chi connectivity index (χ0v) is 24.7. The van der Waals surface area contributed by atoms with Gasteiger partial charge < -0.3 is 23.4 Å². The van der Waals surface area contributed by atoms with Crippen molar-refractivity contribution in [3.05, 3.63) is 101 Å². The number of fused-ring (bicyclic) bond motifs is 1. The van der Waals surface area contributed by atoms with Crippen molar-refractivity contribution in [2.24, 2.45) is 0 Å². The number of ether oxygens (including phenoxy) is 4. The van der Waals surface area contributed by atoms with Gasteiger partial charge in [-0.25, -0.2) is 4.79 Å². The molecule has 0 aliphatic carbocycles. The number of esters is 1. The Morgan fingerprint density at radius 1 is 0.933 bits per heavy atom. The molecule has 0 unspecified atom stereocenters. The topological polar surface area (TPSA) is 70.4 Å². The van der Waals surface area contributed by atoms with Gasteiger partial charge >= 0.3 is 12.1 Å². The van der Waals surface area contributed by atoms with Crippen LogP contribution in [-0.2, 0) is 20.4 Å². The first-order valence-corrected chi connectivity index (χ1v) is 14.5. The minimum atomic E-state index is -4.44. The summed E-state index contributed by atoms with van der Waals surface area (Å²) in [6.45, 7) is 5.61. The van der Waals surface area contributed by atoms with Crippen molar-refractivity contribution in [2.75, 3.05) is 52.7 Å². The summed E-state index contributed by atoms with van der Waals surface area (Å²) in [6.07, 6.45) is -1.14. The van der Waals surface area contributed by atoms with Gasteiger partial charge in [-0.15, -0.1) is 0 Å². The van der Waals surface area contributed by atoms with Crippen molar-refractivity contribution in [1.29, 1.82) is 0 Å². The van der Waals surface area contributed by atoms with Crippen molar-refractivity contribution < 1.29 is 41.3 Å². The fourth-order valence-electron chi connectivity index (χ4n) is 4.79. The summed E-state index contributed by atoms with van der Waals surface area (Å²) in [7, 11) is 0. The van der Waals surface area contributed by atoms with E-state index < -0.39 is 17.7 Å². The van der Waals surface area contributed by atoms with E-state index in [1.54, 1.807) is 25.1 Å². The summed E-state index contributed by atoms with van der Waals surface area (Å²) < 4.78 is 67.3. The maximum atomic E-state index is 13.3. The first-order valence-electron chi connectivity index (χ1n) is 14.5. The Kier molecular flexibility index (Phi) is 10.5. The average molecular weight is 620 g/mol. The molecule has 1 aliphatic rings. The molecule has 1 fully saturated rings. The standard InChI is InChI=1S/C35H32F3NO6/c1-2-42-33(40)24-45-31-13-14-32(34-30(31)16-21-44-34)43-20-15-29(27-9-11-28(12-10-27)35(36,37)38)26-7-5-25(6-8-26)4-3-17-39-18-22-41-23-19-39/h5-16,21H,2,17-20,22-24H2,1H3/b29-15+. The van der Waals surface area contributed by atoms with Gasteiger partial charge in [-0.2, -0.15) is 13.2 Å². The number of benzene rings is 3. The van der Waals surface area contributed by atoms with Gasteiger partial charge in [0.25, 0.3) is 0 Å². The second kappa shape index (κ2) is 14.8. The Labute approximate surface area is 259 Å². The highest BCUT2D eigenvalue weighted by Crippen LogP contribution is 2.35. The van der Waals surface area contributed by atoms with Gasteiger partial charge in [-0.1, -0.05) is 36.1 Å². The van der Waals surface area contributed by atoms with Crippen LogP contribution in [0.15, 0.2) is 83.5 Å². The maximum Gasteiger partial charge on any atom is 0.416 e. The van der Waals surface area contributed by atoms with Crippen LogP contribution in [0.1, 0.15) is 29.2 Å². The lowest BCUT2D eigenvalue weighted by Gasteiger charge is -2.24. The fraction of sp³-hybridized carbons (Fsp3) is 0.286. The summed E-state index contributed by atoms with van der Waals surface area (Å²) in [6, 6.07) is 17.6. The Morgan fingerprint density at radius 3 is 2.31 bits per heavy atom. The van der Waals surface area contributed by atoms with Gasteiger partial charge in [0.2, 0.25) is 0 Å². The summed E-state index contributed by atoms with van der Waals surface area (Å²) in [5, 5.41) is 0.619. The molecular formula is C35H32F3NO6. The molecule has 45 heavy (non-hydrogen) atoms. The number of furan rings is 1. The molecule has 0 bridgehead atoms. The van der Waals surface area contributed by atoms with Crippen LogP contribution in [0.4, 0.5) is 13.2 Å². The van der Waals surface area contributed by atoms with E-state index in [0.717, 1.165) is 36.3 Å². The predicted octanol–water partition coefficient (Wildman–Crippen LogP) is 6.59. The van der Waals surface area contributed by atoms with Crippen molar-refractivity contribution in [3.8, 4) is 23.3 Å². The lowest BCUT2D eigenvalue weighted by molar-refractivity contribution is -0.145. The second-order valence-electron chi connectivity index (χ2n) is 10.1. The van der Waals surface area contributed by atoms with E-state index in [1.165, 1.54) is 18.4 Å². The van der Waals surface area contributed by atoms with Crippen LogP contribution >= 0.6 is 0 Å². The summed E-state index contributed by atoms with van der Waals surface area (Å²) in [5.41, 5.74) is 2.63. The number of halogens is 3. The van der Waals surface area contributed by atoms with Gasteiger partial charge in [0.05, 0.1) is 43.6 Å². The molecule has 10 heteroatoms. The normalized spacial score (nSPS) is 14.1. The van der Waals surface area contributed by atoms with E-state index in [2.05, 4.69) is 16.7 Å². The van der Waals surface area contributed by atoms with Gasteiger partial charge in [0.15, 0.2) is 17.9 Å². The van der Waals surface area contributed by atoms with Gasteiger partial charge in [0, 0.05) is 18.7 Å². The molecule has 234 valence electrons. The van der Waals surface area contributed by atoms with E-state index in [-0.39, 0.29) is 19.8 Å². The van der Waals surface area contributed by atoms with E-state index in [4.69, 9.17) is 23.4 Å². The Balaban J connectivity index is 1.35. The number of alkyl halides is 3. The molecule has 1 saturated heterocycles. The number of carbonyl (C=O) groups is 1. The smallest absolute Gasteiger partial charge is 0.416 e. The highest BCUT2D eigenvalue weighted by atomic mass is 19.4. The molecule has 2 heterocycles. The van der Waals surface area contributed by atoms with E-state index in [9.17, 15) is 18.0 Å². The minimum Gasteiger partial charge on any atom is -0.486 e. The van der Waals surface area contributed by atoms with E-state index >= 15 is 0 Å². The molecule has 3 aromatic carbocycles. The van der Waals surface area contributed by atoms with Crippen molar-refractivity contribution in [3.63, 3.8) is 0 Å². The zero-order chi connectivity index (χ0) is 31.6. The molecule has 0 saturated carbocycles. The third kappa shape index (κ3) is 8.47. The van der Waals surface area contributed by atoms with Crippen molar-refractivity contribution in [2.45, 2.75) is 13.1 Å². The lowest BCUT2D eigenvalue weighted by atomic mass is 9.96. The highest BCUT2D eigenvalue weighted by molar-refractivity contribution is 5.89. The summed E-state index contributed by atoms with van der Waals surface area (Å²) in [4.78, 5) is 14.0. The molecule has 0 atom stereocenters. The first kappa shape index (κ1) is 31.7. The SMILES string of the molecule is CCOC(=O)COc1ccc(OC/C=C(\c2ccc(C#CCN3CCOCC3)cc2)c2ccc(C(F)(F)F)cc2)c2occc12. The lowest BCUT2D eigenvalue weighted by Crippen LogP contribution is -2.36. The second-order valence-corrected chi connectivity index (χ2v) is 10.1. The van der Waals surface area contributed by atoms with Crippen LogP contribution in [-0.4, -0.2) is 63.5 Å². The summed E-state index contributed by atoms with van der Waals surface area (Å²) in [5.74, 6) is 6.77. The molecule has 7 nitrogen and oxygen atoms in total. The quantitative estimate of drug-likeness (QED) is 0.147. The van der Waals surface area contributed by atoms with Crippen LogP contribution in [0.3, 0.4) is 0 Å². The molecule has 0 radical (unpaired) electrons. The molecule has 4 aromatic rings. The maximum absolute atomic E-state index is 13.3. The Morgan fingerprint density at radius 2 is 1.62 bits per heavy atom. The third-order valence-electron chi connectivity index (χ3n) is 7.08. The minimum absolute atomic E-state index is 0.0935.